The van der Waals surface area contributed by atoms with Gasteiger partial charge >= 0.3 is 6.03 Å². The molecule has 1 unspecified atom stereocenters. The zero-order chi connectivity index (χ0) is 14.9. The van der Waals surface area contributed by atoms with Gasteiger partial charge in [0.25, 0.3) is 6.43 Å². The minimum Gasteiger partial charge on any atom is -0.391 e. The van der Waals surface area contributed by atoms with E-state index in [1.54, 1.807) is 0 Å². The van der Waals surface area contributed by atoms with Crippen molar-refractivity contribution in [1.82, 2.24) is 14.7 Å². The highest BCUT2D eigenvalue weighted by molar-refractivity contribution is 5.89. The smallest absolute Gasteiger partial charge is 0.321 e. The molecule has 0 radical (unpaired) electrons. The van der Waals surface area contributed by atoms with Crippen molar-refractivity contribution in [3.63, 3.8) is 0 Å². The van der Waals surface area contributed by atoms with Crippen LogP contribution in [-0.4, -0.2) is 45.5 Å². The number of likely N-dealkylation sites (N-methyl/N-ethyl adjacent to an activating group) is 1. The summed E-state index contributed by atoms with van der Waals surface area (Å²) in [7, 11) is 2.90. The second-order valence-corrected chi connectivity index (χ2v) is 5.08. The fourth-order valence-corrected chi connectivity index (χ4v) is 2.01. The molecule has 1 aliphatic rings. The van der Waals surface area contributed by atoms with E-state index in [2.05, 4.69) is 10.4 Å². The van der Waals surface area contributed by atoms with Crippen molar-refractivity contribution < 1.29 is 18.7 Å². The quantitative estimate of drug-likeness (QED) is 0.864. The van der Waals surface area contributed by atoms with Crippen molar-refractivity contribution in [2.24, 2.45) is 13.0 Å². The molecule has 0 aliphatic heterocycles. The SMILES string of the molecule is CN(CC(O)C1CC1)C(=O)Nc1cnn(C)c1C(F)F. The van der Waals surface area contributed by atoms with Gasteiger partial charge in [0.1, 0.15) is 5.69 Å². The number of carbonyl (C=O) groups is 1. The van der Waals surface area contributed by atoms with E-state index >= 15 is 0 Å². The molecule has 0 saturated heterocycles. The maximum Gasteiger partial charge on any atom is 0.321 e. The predicted octanol–water partition coefficient (Wildman–Crippen LogP) is 1.59. The third-order valence-electron chi connectivity index (χ3n) is 3.41. The number of rotatable bonds is 5. The van der Waals surface area contributed by atoms with Gasteiger partial charge in [-0.25, -0.2) is 13.6 Å². The van der Waals surface area contributed by atoms with E-state index in [0.717, 1.165) is 17.5 Å². The third kappa shape index (κ3) is 3.24. The maximum absolute atomic E-state index is 12.8. The lowest BCUT2D eigenvalue weighted by Gasteiger charge is -2.21. The average molecular weight is 288 g/mol. The molecule has 1 aromatic heterocycles. The van der Waals surface area contributed by atoms with E-state index in [4.69, 9.17) is 0 Å². The third-order valence-corrected chi connectivity index (χ3v) is 3.41. The second-order valence-electron chi connectivity index (χ2n) is 5.08. The number of alkyl halides is 2. The van der Waals surface area contributed by atoms with Crippen LogP contribution in [0.25, 0.3) is 0 Å². The fourth-order valence-electron chi connectivity index (χ4n) is 2.01. The van der Waals surface area contributed by atoms with Gasteiger partial charge in [0.05, 0.1) is 18.0 Å². The van der Waals surface area contributed by atoms with Crippen molar-refractivity contribution in [3.05, 3.63) is 11.9 Å². The number of nitrogens with zero attached hydrogens (tertiary/aromatic N) is 3. The van der Waals surface area contributed by atoms with Gasteiger partial charge in [-0.3, -0.25) is 4.68 Å². The van der Waals surface area contributed by atoms with Crippen LogP contribution in [0, 0.1) is 5.92 Å². The Kier molecular flexibility index (Phi) is 4.22. The van der Waals surface area contributed by atoms with Crippen LogP contribution < -0.4 is 5.32 Å². The summed E-state index contributed by atoms with van der Waals surface area (Å²) in [4.78, 5) is 13.2. The number of hydrogen-bond donors (Lipinski definition) is 2. The van der Waals surface area contributed by atoms with Gasteiger partial charge in [0.15, 0.2) is 0 Å². The first-order chi connectivity index (χ1) is 9.40. The number of anilines is 1. The van der Waals surface area contributed by atoms with Gasteiger partial charge in [0, 0.05) is 20.6 Å². The first kappa shape index (κ1) is 14.7. The summed E-state index contributed by atoms with van der Waals surface area (Å²) in [5.74, 6) is 0.250. The number of aromatic nitrogens is 2. The molecule has 0 aromatic carbocycles. The number of urea groups is 1. The number of halogens is 2. The number of aryl methyl sites for hydroxylation is 1. The molecule has 1 fully saturated rings. The molecule has 8 heteroatoms. The summed E-state index contributed by atoms with van der Waals surface area (Å²) < 4.78 is 26.7. The Bertz CT molecular complexity index is 488. The van der Waals surface area contributed by atoms with Gasteiger partial charge in [-0.2, -0.15) is 5.10 Å². The number of aliphatic hydroxyl groups excluding tert-OH is 1. The Morgan fingerprint density at radius 2 is 2.30 bits per heavy atom. The maximum atomic E-state index is 12.8. The Hall–Kier alpha value is -1.70. The number of hydrogen-bond acceptors (Lipinski definition) is 3. The second kappa shape index (κ2) is 5.74. The molecular weight excluding hydrogens is 270 g/mol. The number of nitrogens with one attached hydrogen (secondary N) is 1. The summed E-state index contributed by atoms with van der Waals surface area (Å²) in [6.07, 6.45) is -0.164. The fraction of sp³-hybridized carbons (Fsp3) is 0.667. The zero-order valence-corrected chi connectivity index (χ0v) is 11.4. The Morgan fingerprint density at radius 1 is 1.65 bits per heavy atom. The lowest BCUT2D eigenvalue weighted by atomic mass is 10.2. The van der Waals surface area contributed by atoms with Crippen LogP contribution >= 0.6 is 0 Å². The highest BCUT2D eigenvalue weighted by atomic mass is 19.3. The van der Waals surface area contributed by atoms with Gasteiger partial charge in [-0.15, -0.1) is 0 Å². The molecule has 20 heavy (non-hydrogen) atoms. The molecule has 2 amide bonds. The van der Waals surface area contributed by atoms with Crippen LogP contribution in [0.4, 0.5) is 19.3 Å². The Morgan fingerprint density at radius 3 is 2.85 bits per heavy atom. The molecule has 1 heterocycles. The number of amides is 2. The molecule has 0 spiro atoms. The molecule has 0 bridgehead atoms. The van der Waals surface area contributed by atoms with Gasteiger partial charge in [-0.1, -0.05) is 0 Å². The van der Waals surface area contributed by atoms with Crippen LogP contribution in [0.2, 0.25) is 0 Å². The van der Waals surface area contributed by atoms with Crippen molar-refractivity contribution >= 4 is 11.7 Å². The van der Waals surface area contributed by atoms with Crippen LogP contribution in [0.3, 0.4) is 0 Å². The highest BCUT2D eigenvalue weighted by Crippen LogP contribution is 2.32. The van der Waals surface area contributed by atoms with Crippen molar-refractivity contribution in [2.45, 2.75) is 25.4 Å². The topological polar surface area (TPSA) is 70.4 Å². The summed E-state index contributed by atoms with van der Waals surface area (Å²) in [5.41, 5.74) is -0.352. The average Bonchev–Trinajstić information content (AvgIpc) is 3.14. The molecule has 1 aliphatic carbocycles. The minimum absolute atomic E-state index is 0.0136. The van der Waals surface area contributed by atoms with Crippen molar-refractivity contribution in [3.8, 4) is 0 Å². The van der Waals surface area contributed by atoms with Crippen molar-refractivity contribution in [1.29, 1.82) is 0 Å². The Balaban J connectivity index is 1.96. The summed E-state index contributed by atoms with van der Waals surface area (Å²) in [6.45, 7) is 0.181. The zero-order valence-electron chi connectivity index (χ0n) is 11.4. The van der Waals surface area contributed by atoms with E-state index < -0.39 is 18.6 Å². The lowest BCUT2D eigenvalue weighted by molar-refractivity contribution is 0.117. The standard InChI is InChI=1S/C12H18F2N4O2/c1-17(6-9(19)7-3-4-7)12(20)16-8-5-15-18(2)10(8)11(13)14/h5,7,9,11,19H,3-4,6H2,1-2H3,(H,16,20). The highest BCUT2D eigenvalue weighted by Gasteiger charge is 2.31. The molecule has 2 rings (SSSR count). The van der Waals surface area contributed by atoms with Crippen LogP contribution in [0.5, 0.6) is 0 Å². The molecule has 1 atom stereocenters. The van der Waals surface area contributed by atoms with E-state index in [0.29, 0.717) is 0 Å². The molecule has 1 saturated carbocycles. The van der Waals surface area contributed by atoms with E-state index in [-0.39, 0.29) is 23.8 Å². The summed E-state index contributed by atoms with van der Waals surface area (Å²) >= 11 is 0. The number of carbonyl (C=O) groups excluding carboxylic acids is 1. The molecular formula is C12H18F2N4O2. The predicted molar refractivity (Wildman–Crippen MR) is 68.5 cm³/mol. The first-order valence-electron chi connectivity index (χ1n) is 6.40. The van der Waals surface area contributed by atoms with Crippen LogP contribution in [0.1, 0.15) is 25.0 Å². The van der Waals surface area contributed by atoms with E-state index in [9.17, 15) is 18.7 Å². The normalized spacial score (nSPS) is 16.3. The molecule has 2 N–H and O–H groups in total. The lowest BCUT2D eigenvalue weighted by Crippen LogP contribution is -2.38. The molecule has 112 valence electrons. The summed E-state index contributed by atoms with van der Waals surface area (Å²) in [5, 5.41) is 15.9. The Labute approximate surface area is 115 Å². The van der Waals surface area contributed by atoms with E-state index in [1.807, 2.05) is 0 Å². The van der Waals surface area contributed by atoms with Crippen LogP contribution in [-0.2, 0) is 7.05 Å². The van der Waals surface area contributed by atoms with E-state index in [1.165, 1.54) is 25.2 Å². The summed E-state index contributed by atoms with van der Waals surface area (Å²) in [6, 6.07) is -0.542. The van der Waals surface area contributed by atoms with Crippen LogP contribution in [0.15, 0.2) is 6.20 Å². The first-order valence-corrected chi connectivity index (χ1v) is 6.40. The van der Waals surface area contributed by atoms with Gasteiger partial charge < -0.3 is 15.3 Å². The minimum atomic E-state index is -2.72. The molecule has 6 nitrogen and oxygen atoms in total. The monoisotopic (exact) mass is 288 g/mol. The van der Waals surface area contributed by atoms with Gasteiger partial charge in [-0.05, 0) is 18.8 Å². The van der Waals surface area contributed by atoms with Gasteiger partial charge in [0.2, 0.25) is 0 Å². The van der Waals surface area contributed by atoms with Crippen molar-refractivity contribution in [2.75, 3.05) is 18.9 Å². The number of aliphatic hydroxyl groups is 1. The molecule has 1 aromatic rings. The largest absolute Gasteiger partial charge is 0.391 e.